The van der Waals surface area contributed by atoms with Gasteiger partial charge in [0.1, 0.15) is 5.82 Å². The summed E-state index contributed by atoms with van der Waals surface area (Å²) >= 11 is 0. The second-order valence-corrected chi connectivity index (χ2v) is 7.64. The predicted octanol–water partition coefficient (Wildman–Crippen LogP) is 1.20. The zero-order chi connectivity index (χ0) is 17.7. The molecule has 0 saturated carbocycles. The Morgan fingerprint density at radius 1 is 1.08 bits per heavy atom. The molecule has 6 nitrogen and oxygen atoms in total. The van der Waals surface area contributed by atoms with Crippen molar-refractivity contribution in [3.8, 4) is 0 Å². The van der Waals surface area contributed by atoms with Gasteiger partial charge in [-0.2, -0.15) is 5.10 Å². The first-order valence-electron chi connectivity index (χ1n) is 8.95. The van der Waals surface area contributed by atoms with E-state index in [1.807, 2.05) is 31.2 Å². The summed E-state index contributed by atoms with van der Waals surface area (Å²) in [5.74, 6) is 1.42. The Morgan fingerprint density at radius 2 is 1.80 bits per heavy atom. The van der Waals surface area contributed by atoms with E-state index in [4.69, 9.17) is 0 Å². The van der Waals surface area contributed by atoms with Gasteiger partial charge in [-0.25, -0.2) is 4.68 Å². The Morgan fingerprint density at radius 3 is 2.48 bits per heavy atom. The van der Waals surface area contributed by atoms with Crippen molar-refractivity contribution in [2.24, 2.45) is 5.92 Å². The smallest absolute Gasteiger partial charge is 0.300 e. The number of likely N-dealkylation sites (tertiary alicyclic amines) is 1. The lowest BCUT2D eigenvalue weighted by Crippen LogP contribution is -2.44. The van der Waals surface area contributed by atoms with Gasteiger partial charge in [0.25, 0.3) is 0 Å². The first-order chi connectivity index (χ1) is 11.9. The summed E-state index contributed by atoms with van der Waals surface area (Å²) in [6, 6.07) is 8.46. The molecule has 3 heterocycles. The fraction of sp³-hybridized carbons (Fsp3) is 0.526. The molecule has 1 aromatic heterocycles. The maximum Gasteiger partial charge on any atom is 0.332 e. The Kier molecular flexibility index (Phi) is 3.87. The SMILES string of the molecule is Cc1ccc(Cn2nc3n(c(=O)c2=O)C[C@@H]2CN(C(C)C)C[C@H]32)cc1. The van der Waals surface area contributed by atoms with Gasteiger partial charge in [-0.3, -0.25) is 19.1 Å². The Balaban J connectivity index is 1.70. The molecule has 6 heteroatoms. The van der Waals surface area contributed by atoms with Crippen LogP contribution in [0.1, 0.15) is 36.7 Å². The Hall–Kier alpha value is -2.21. The highest BCUT2D eigenvalue weighted by Crippen LogP contribution is 2.37. The lowest BCUT2D eigenvalue weighted by molar-refractivity contribution is 0.256. The molecular formula is C19H24N4O2. The molecule has 4 rings (SSSR count). The number of hydrogen-bond donors (Lipinski definition) is 0. The van der Waals surface area contributed by atoms with Crippen LogP contribution < -0.4 is 11.1 Å². The van der Waals surface area contributed by atoms with Crippen LogP contribution in [0, 0.1) is 12.8 Å². The fourth-order valence-corrected chi connectivity index (χ4v) is 4.02. The van der Waals surface area contributed by atoms with Crippen molar-refractivity contribution in [1.29, 1.82) is 0 Å². The highest BCUT2D eigenvalue weighted by atomic mass is 16.2. The van der Waals surface area contributed by atoms with E-state index in [-0.39, 0.29) is 5.92 Å². The molecule has 25 heavy (non-hydrogen) atoms. The molecule has 1 saturated heterocycles. The van der Waals surface area contributed by atoms with Crippen LogP contribution in [0.5, 0.6) is 0 Å². The minimum Gasteiger partial charge on any atom is -0.300 e. The molecule has 0 aliphatic carbocycles. The van der Waals surface area contributed by atoms with Crippen LogP contribution in [0.3, 0.4) is 0 Å². The lowest BCUT2D eigenvalue weighted by atomic mass is 10.00. The van der Waals surface area contributed by atoms with Crippen LogP contribution in [0.25, 0.3) is 0 Å². The van der Waals surface area contributed by atoms with Crippen LogP contribution in [0.2, 0.25) is 0 Å². The zero-order valence-electron chi connectivity index (χ0n) is 15.0. The van der Waals surface area contributed by atoms with E-state index in [0.717, 1.165) is 24.5 Å². The third kappa shape index (κ3) is 2.74. The van der Waals surface area contributed by atoms with Crippen LogP contribution in [-0.4, -0.2) is 38.4 Å². The summed E-state index contributed by atoms with van der Waals surface area (Å²) in [5, 5.41) is 4.61. The van der Waals surface area contributed by atoms with Crippen molar-refractivity contribution in [3.05, 3.63) is 61.9 Å². The van der Waals surface area contributed by atoms with E-state index in [1.165, 1.54) is 10.2 Å². The van der Waals surface area contributed by atoms with Gasteiger partial charge in [-0.1, -0.05) is 29.8 Å². The first-order valence-corrected chi connectivity index (χ1v) is 8.95. The van der Waals surface area contributed by atoms with Crippen LogP contribution in [-0.2, 0) is 13.1 Å². The van der Waals surface area contributed by atoms with E-state index >= 15 is 0 Å². The van der Waals surface area contributed by atoms with Gasteiger partial charge in [-0.15, -0.1) is 0 Å². The average molecular weight is 340 g/mol. The van der Waals surface area contributed by atoms with Crippen molar-refractivity contribution in [2.45, 2.75) is 45.8 Å². The summed E-state index contributed by atoms with van der Waals surface area (Å²) < 4.78 is 2.96. The number of aryl methyl sites for hydroxylation is 1. The van der Waals surface area contributed by atoms with Gasteiger partial charge < -0.3 is 0 Å². The number of benzene rings is 1. The fourth-order valence-electron chi connectivity index (χ4n) is 4.02. The molecule has 0 bridgehead atoms. The monoisotopic (exact) mass is 340 g/mol. The van der Waals surface area contributed by atoms with Gasteiger partial charge in [0.05, 0.1) is 6.54 Å². The maximum atomic E-state index is 12.5. The molecule has 2 aliphatic heterocycles. The third-order valence-electron chi connectivity index (χ3n) is 5.56. The molecule has 2 atom stereocenters. The molecule has 1 fully saturated rings. The molecule has 0 unspecified atom stereocenters. The quantitative estimate of drug-likeness (QED) is 0.788. The number of rotatable bonds is 3. The summed E-state index contributed by atoms with van der Waals surface area (Å²) in [7, 11) is 0. The van der Waals surface area contributed by atoms with Crippen LogP contribution in [0.15, 0.2) is 33.9 Å². The Bertz CT molecular complexity index is 911. The van der Waals surface area contributed by atoms with Crippen LogP contribution in [0.4, 0.5) is 0 Å². The molecule has 0 N–H and O–H groups in total. The third-order valence-corrected chi connectivity index (χ3v) is 5.56. The molecule has 132 valence electrons. The molecular weight excluding hydrogens is 316 g/mol. The maximum absolute atomic E-state index is 12.5. The number of nitrogens with zero attached hydrogens (tertiary/aromatic N) is 4. The molecule has 2 aliphatic rings. The molecule has 0 amide bonds. The van der Waals surface area contributed by atoms with Gasteiger partial charge in [0.2, 0.25) is 0 Å². The van der Waals surface area contributed by atoms with Crippen molar-refractivity contribution < 1.29 is 0 Å². The topological polar surface area (TPSA) is 60.1 Å². The molecule has 2 aromatic rings. The molecule has 0 spiro atoms. The largest absolute Gasteiger partial charge is 0.332 e. The minimum atomic E-state index is -0.523. The Labute approximate surface area is 146 Å². The number of hydrogen-bond acceptors (Lipinski definition) is 4. The van der Waals surface area contributed by atoms with Crippen molar-refractivity contribution in [2.75, 3.05) is 13.1 Å². The van der Waals surface area contributed by atoms with Crippen molar-refractivity contribution in [3.63, 3.8) is 0 Å². The van der Waals surface area contributed by atoms with Gasteiger partial charge >= 0.3 is 11.1 Å². The first kappa shape index (κ1) is 16.3. The normalized spacial score (nSPS) is 22.4. The summed E-state index contributed by atoms with van der Waals surface area (Å²) in [6.07, 6.45) is 0. The second-order valence-electron chi connectivity index (χ2n) is 7.64. The standard InChI is InChI=1S/C19H24N4O2/c1-12(2)21-9-15-10-22-17(16(15)11-21)20-23(19(25)18(22)24)8-14-6-4-13(3)5-7-14/h4-7,12,15-16H,8-11H2,1-3H3/t15-,16-/m0/s1. The average Bonchev–Trinajstić information content (AvgIpc) is 3.13. The summed E-state index contributed by atoms with van der Waals surface area (Å²) in [6.45, 7) is 9.26. The minimum absolute atomic E-state index is 0.250. The summed E-state index contributed by atoms with van der Waals surface area (Å²) in [4.78, 5) is 27.4. The second kappa shape index (κ2) is 5.95. The summed E-state index contributed by atoms with van der Waals surface area (Å²) in [5.41, 5.74) is 1.20. The molecule has 0 radical (unpaired) electrons. The van der Waals surface area contributed by atoms with E-state index in [2.05, 4.69) is 23.8 Å². The van der Waals surface area contributed by atoms with E-state index < -0.39 is 11.1 Å². The highest BCUT2D eigenvalue weighted by molar-refractivity contribution is 5.21. The van der Waals surface area contributed by atoms with Gasteiger partial charge in [-0.05, 0) is 26.3 Å². The lowest BCUT2D eigenvalue weighted by Gasteiger charge is -2.21. The molecule has 1 aromatic carbocycles. The van der Waals surface area contributed by atoms with Gasteiger partial charge in [0.15, 0.2) is 0 Å². The van der Waals surface area contributed by atoms with Crippen molar-refractivity contribution in [1.82, 2.24) is 19.2 Å². The predicted molar refractivity (Wildman–Crippen MR) is 96.0 cm³/mol. The van der Waals surface area contributed by atoms with Crippen molar-refractivity contribution >= 4 is 0 Å². The van der Waals surface area contributed by atoms with E-state index in [0.29, 0.717) is 25.0 Å². The van der Waals surface area contributed by atoms with Crippen LogP contribution >= 0.6 is 0 Å². The number of fused-ring (bicyclic) bond motifs is 3. The zero-order valence-corrected chi connectivity index (χ0v) is 15.0. The van der Waals surface area contributed by atoms with E-state index in [9.17, 15) is 9.59 Å². The highest BCUT2D eigenvalue weighted by Gasteiger charge is 2.43. The number of aromatic nitrogens is 3. The van der Waals surface area contributed by atoms with Gasteiger partial charge in [0, 0.05) is 37.5 Å². The van der Waals surface area contributed by atoms with E-state index in [1.54, 1.807) is 4.57 Å².